The van der Waals surface area contributed by atoms with Crippen molar-refractivity contribution in [2.24, 2.45) is 0 Å². The highest BCUT2D eigenvalue weighted by atomic mass is 35.5. The number of fused-ring (bicyclic) bond motifs is 1. The highest BCUT2D eigenvalue weighted by Gasteiger charge is 2.16. The molecule has 3 aromatic carbocycles. The lowest BCUT2D eigenvalue weighted by Crippen LogP contribution is -2.34. The number of nitrogens with zero attached hydrogens (tertiary/aromatic N) is 1. The Morgan fingerprint density at radius 3 is 2.69 bits per heavy atom. The van der Waals surface area contributed by atoms with E-state index in [1.807, 2.05) is 0 Å². The smallest absolute Gasteiger partial charge is 0.257 e. The molecule has 0 unspecified atom stereocenters. The van der Waals surface area contributed by atoms with Gasteiger partial charge >= 0.3 is 0 Å². The minimum absolute atomic E-state index is 0.0322. The number of halogens is 3. The molecule has 0 aliphatic carbocycles. The fourth-order valence-electron chi connectivity index (χ4n) is 2.91. The summed E-state index contributed by atoms with van der Waals surface area (Å²) < 4.78 is 37.6. The van der Waals surface area contributed by atoms with Crippen LogP contribution in [0.3, 0.4) is 0 Å². The monoisotopic (exact) mass is 473 g/mol. The van der Waals surface area contributed by atoms with E-state index < -0.39 is 17.5 Å². The molecular weight excluding hydrogens is 460 g/mol. The van der Waals surface area contributed by atoms with E-state index in [9.17, 15) is 13.6 Å². The molecule has 0 saturated carbocycles. The van der Waals surface area contributed by atoms with Crippen LogP contribution in [0.25, 0.3) is 22.6 Å². The maximum Gasteiger partial charge on any atom is 0.257 e. The normalized spacial score (nSPS) is 10.8. The number of thiocarbonyl (C=S) groups is 1. The number of carbonyl (C=O) groups is 1. The van der Waals surface area contributed by atoms with E-state index in [1.54, 1.807) is 42.5 Å². The van der Waals surface area contributed by atoms with Gasteiger partial charge in [-0.3, -0.25) is 10.1 Å². The third-order valence-corrected chi connectivity index (χ3v) is 4.96. The lowest BCUT2D eigenvalue weighted by atomic mass is 10.2. The SMILES string of the molecule is COc1cccc(C(=O)NC(=S)Nc2ccc3oc(-c4cc(F)c(F)cc4Cl)nc3c2)c1. The van der Waals surface area contributed by atoms with Gasteiger partial charge in [0.1, 0.15) is 11.3 Å². The van der Waals surface area contributed by atoms with Gasteiger partial charge < -0.3 is 14.5 Å². The Morgan fingerprint density at radius 1 is 1.12 bits per heavy atom. The summed E-state index contributed by atoms with van der Waals surface area (Å²) in [4.78, 5) is 16.7. The van der Waals surface area contributed by atoms with Crippen LogP contribution in [-0.4, -0.2) is 23.1 Å². The van der Waals surface area contributed by atoms with Crippen LogP contribution in [-0.2, 0) is 0 Å². The van der Waals surface area contributed by atoms with Crippen molar-refractivity contribution < 1.29 is 22.7 Å². The molecule has 1 heterocycles. The molecule has 1 aromatic heterocycles. The molecule has 6 nitrogen and oxygen atoms in total. The molecular formula is C22H14ClF2N3O3S. The molecule has 0 fully saturated rings. The number of hydrogen-bond acceptors (Lipinski definition) is 5. The second kappa shape index (κ2) is 8.89. The van der Waals surface area contributed by atoms with Crippen LogP contribution in [0.5, 0.6) is 5.75 Å². The molecule has 0 aliphatic rings. The van der Waals surface area contributed by atoms with Crippen molar-refractivity contribution in [1.82, 2.24) is 10.3 Å². The topological polar surface area (TPSA) is 76.4 Å². The number of carbonyl (C=O) groups excluding carboxylic acids is 1. The van der Waals surface area contributed by atoms with Crippen molar-refractivity contribution in [3.63, 3.8) is 0 Å². The first-order chi connectivity index (χ1) is 15.3. The second-order valence-electron chi connectivity index (χ2n) is 6.59. The van der Waals surface area contributed by atoms with Crippen molar-refractivity contribution >= 4 is 51.6 Å². The summed E-state index contributed by atoms with van der Waals surface area (Å²) in [7, 11) is 1.51. The van der Waals surface area contributed by atoms with Crippen molar-refractivity contribution in [2.75, 3.05) is 12.4 Å². The van der Waals surface area contributed by atoms with Crippen LogP contribution in [0.15, 0.2) is 59.0 Å². The number of aromatic nitrogens is 1. The number of methoxy groups -OCH3 is 1. The van der Waals surface area contributed by atoms with Crippen molar-refractivity contribution in [3.05, 3.63) is 76.8 Å². The van der Waals surface area contributed by atoms with Gasteiger partial charge in [0.25, 0.3) is 5.91 Å². The number of anilines is 1. The zero-order valence-electron chi connectivity index (χ0n) is 16.4. The number of oxazole rings is 1. The number of rotatable bonds is 4. The molecule has 10 heteroatoms. The summed E-state index contributed by atoms with van der Waals surface area (Å²) >= 11 is 11.2. The zero-order valence-corrected chi connectivity index (χ0v) is 18.0. The lowest BCUT2D eigenvalue weighted by Gasteiger charge is -2.10. The van der Waals surface area contributed by atoms with Gasteiger partial charge in [-0.2, -0.15) is 0 Å². The highest BCUT2D eigenvalue weighted by molar-refractivity contribution is 7.80. The number of benzene rings is 3. The summed E-state index contributed by atoms with van der Waals surface area (Å²) in [5.74, 6) is -1.95. The van der Waals surface area contributed by atoms with Crippen molar-refractivity contribution in [3.8, 4) is 17.2 Å². The fraction of sp³-hybridized carbons (Fsp3) is 0.0455. The lowest BCUT2D eigenvalue weighted by molar-refractivity contribution is 0.0977. The van der Waals surface area contributed by atoms with Crippen LogP contribution in [0, 0.1) is 11.6 Å². The third kappa shape index (κ3) is 4.53. The Kier molecular flexibility index (Phi) is 6.02. The maximum absolute atomic E-state index is 13.6. The van der Waals surface area contributed by atoms with Gasteiger partial charge in [0.05, 0.1) is 17.7 Å². The van der Waals surface area contributed by atoms with E-state index in [2.05, 4.69) is 15.6 Å². The summed E-state index contributed by atoms with van der Waals surface area (Å²) in [6.45, 7) is 0. The quantitative estimate of drug-likeness (QED) is 0.298. The molecule has 1 amide bonds. The summed E-state index contributed by atoms with van der Waals surface area (Å²) in [5, 5.41) is 5.51. The van der Waals surface area contributed by atoms with Crippen LogP contribution < -0.4 is 15.4 Å². The predicted octanol–water partition coefficient (Wildman–Crippen LogP) is 5.56. The first-order valence-corrected chi connectivity index (χ1v) is 9.94. The molecule has 4 rings (SSSR count). The molecule has 0 bridgehead atoms. The van der Waals surface area contributed by atoms with E-state index in [0.717, 1.165) is 12.1 Å². The van der Waals surface area contributed by atoms with Gasteiger partial charge in [-0.25, -0.2) is 13.8 Å². The van der Waals surface area contributed by atoms with Crippen molar-refractivity contribution in [1.29, 1.82) is 0 Å². The zero-order chi connectivity index (χ0) is 22.8. The summed E-state index contributed by atoms with van der Waals surface area (Å²) in [5.41, 5.74) is 1.86. The minimum Gasteiger partial charge on any atom is -0.497 e. The van der Waals surface area contributed by atoms with E-state index >= 15 is 0 Å². The van der Waals surface area contributed by atoms with Crippen LogP contribution in [0.4, 0.5) is 14.5 Å². The maximum atomic E-state index is 13.6. The standard InChI is InChI=1S/C22H14ClF2N3O3S/c1-30-13-4-2-3-11(7-13)20(29)28-22(32)26-12-5-6-19-18(8-12)27-21(31-19)14-9-16(24)17(25)10-15(14)23/h2-10H,1H3,(H2,26,28,29,32). The Morgan fingerprint density at radius 2 is 1.91 bits per heavy atom. The van der Waals surface area contributed by atoms with Gasteiger partial charge in [-0.05, 0) is 60.7 Å². The minimum atomic E-state index is -1.06. The molecule has 0 saturated heterocycles. The molecule has 0 spiro atoms. The number of nitrogens with one attached hydrogen (secondary N) is 2. The van der Waals surface area contributed by atoms with Gasteiger partial charge in [0.15, 0.2) is 22.3 Å². The predicted molar refractivity (Wildman–Crippen MR) is 121 cm³/mol. The van der Waals surface area contributed by atoms with Crippen LogP contribution in [0.2, 0.25) is 5.02 Å². The number of amides is 1. The largest absolute Gasteiger partial charge is 0.497 e. The molecule has 162 valence electrons. The van der Waals surface area contributed by atoms with E-state index in [4.69, 9.17) is 33.0 Å². The average Bonchev–Trinajstić information content (AvgIpc) is 3.19. The fourth-order valence-corrected chi connectivity index (χ4v) is 3.35. The molecule has 32 heavy (non-hydrogen) atoms. The van der Waals surface area contributed by atoms with Gasteiger partial charge in [-0.1, -0.05) is 17.7 Å². The summed E-state index contributed by atoms with van der Waals surface area (Å²) in [6.07, 6.45) is 0. The molecule has 2 N–H and O–H groups in total. The average molecular weight is 474 g/mol. The molecule has 0 atom stereocenters. The molecule has 0 radical (unpaired) electrons. The van der Waals surface area contributed by atoms with Crippen LogP contribution >= 0.6 is 23.8 Å². The van der Waals surface area contributed by atoms with Crippen LogP contribution in [0.1, 0.15) is 10.4 Å². The molecule has 4 aromatic rings. The number of ether oxygens (including phenoxy) is 1. The Bertz CT molecular complexity index is 1360. The van der Waals surface area contributed by atoms with Gasteiger partial charge in [0, 0.05) is 11.3 Å². The van der Waals surface area contributed by atoms with Gasteiger partial charge in [0.2, 0.25) is 5.89 Å². The third-order valence-electron chi connectivity index (χ3n) is 4.44. The van der Waals surface area contributed by atoms with Crippen molar-refractivity contribution in [2.45, 2.75) is 0 Å². The Hall–Kier alpha value is -3.56. The second-order valence-corrected chi connectivity index (χ2v) is 7.40. The Labute approximate surface area is 191 Å². The highest BCUT2D eigenvalue weighted by Crippen LogP contribution is 2.32. The Balaban J connectivity index is 1.51. The number of hydrogen-bond donors (Lipinski definition) is 2. The van der Waals surface area contributed by atoms with Gasteiger partial charge in [-0.15, -0.1) is 0 Å². The summed E-state index contributed by atoms with van der Waals surface area (Å²) in [6, 6.07) is 13.3. The van der Waals surface area contributed by atoms with E-state index in [1.165, 1.54) is 7.11 Å². The van der Waals surface area contributed by atoms with E-state index in [0.29, 0.717) is 28.1 Å². The van der Waals surface area contributed by atoms with E-state index in [-0.39, 0.29) is 21.6 Å². The molecule has 0 aliphatic heterocycles. The first kappa shape index (κ1) is 21.7. The first-order valence-electron chi connectivity index (χ1n) is 9.16.